The molecule has 0 aliphatic carbocycles. The fraction of sp³-hybridized carbons (Fsp3) is 0.900. The summed E-state index contributed by atoms with van der Waals surface area (Å²) in [5, 5.41) is 28.5. The molecule has 5 atom stereocenters. The van der Waals surface area contributed by atoms with E-state index in [1.807, 2.05) is 6.92 Å². The molecule has 1 rings (SSSR count). The summed E-state index contributed by atoms with van der Waals surface area (Å²) < 4.78 is 10.3. The summed E-state index contributed by atoms with van der Waals surface area (Å²) in [6.07, 6.45) is -1.49. The first-order valence-corrected chi connectivity index (χ1v) is 5.32. The highest BCUT2D eigenvalue weighted by molar-refractivity contribution is 5.57. The Morgan fingerprint density at radius 2 is 2.06 bits per heavy atom. The van der Waals surface area contributed by atoms with E-state index < -0.39 is 30.6 Å². The second-order valence-corrected chi connectivity index (χ2v) is 3.67. The zero-order valence-electron chi connectivity index (χ0n) is 9.48. The molecule has 16 heavy (non-hydrogen) atoms. The molecule has 0 saturated carbocycles. The van der Waals surface area contributed by atoms with E-state index in [9.17, 15) is 10.2 Å². The third-order valence-corrected chi connectivity index (χ3v) is 2.54. The molecule has 0 bridgehead atoms. The molecule has 1 fully saturated rings. The summed E-state index contributed by atoms with van der Waals surface area (Å²) in [4.78, 5) is 4.09. The van der Waals surface area contributed by atoms with Gasteiger partial charge in [-0.05, 0) is 12.6 Å². The van der Waals surface area contributed by atoms with Crippen molar-refractivity contribution in [2.45, 2.75) is 44.0 Å². The Morgan fingerprint density at radius 1 is 1.38 bits per heavy atom. The van der Waals surface area contributed by atoms with Crippen LogP contribution in [0.4, 0.5) is 0 Å². The monoisotopic (exact) mass is 233 g/mol. The molecule has 0 aromatic heterocycles. The van der Waals surface area contributed by atoms with Crippen molar-refractivity contribution in [3.63, 3.8) is 0 Å². The van der Waals surface area contributed by atoms with Gasteiger partial charge in [-0.1, -0.05) is 6.92 Å². The molecule has 1 unspecified atom stereocenters. The first kappa shape index (κ1) is 13.5. The van der Waals surface area contributed by atoms with Crippen LogP contribution < -0.4 is 0 Å². The summed E-state index contributed by atoms with van der Waals surface area (Å²) in [5.41, 5.74) is 0. The minimum atomic E-state index is -1.16. The van der Waals surface area contributed by atoms with Crippen LogP contribution in [0.5, 0.6) is 0 Å². The Labute approximate surface area is 94.5 Å². The molecular weight excluding hydrogens is 214 g/mol. The van der Waals surface area contributed by atoms with Crippen molar-refractivity contribution in [2.24, 2.45) is 4.99 Å². The van der Waals surface area contributed by atoms with E-state index in [0.717, 1.165) is 6.42 Å². The van der Waals surface area contributed by atoms with Crippen molar-refractivity contribution in [1.82, 2.24) is 0 Å². The van der Waals surface area contributed by atoms with Crippen LogP contribution in [0.2, 0.25) is 0 Å². The van der Waals surface area contributed by atoms with Gasteiger partial charge < -0.3 is 24.8 Å². The van der Waals surface area contributed by atoms with Gasteiger partial charge >= 0.3 is 0 Å². The molecule has 1 heterocycles. The molecule has 0 amide bonds. The summed E-state index contributed by atoms with van der Waals surface area (Å²) >= 11 is 0. The number of nitrogens with zero attached hydrogens (tertiary/aromatic N) is 1. The Hall–Kier alpha value is -0.530. The predicted molar refractivity (Wildman–Crippen MR) is 57.3 cm³/mol. The number of aliphatic hydroxyl groups is 3. The van der Waals surface area contributed by atoms with E-state index in [1.165, 1.54) is 7.11 Å². The SMILES string of the molecule is CCC=N[C@H]1C(OC)O[C@H](CO)[C@@H](O)[C@@H]1O. The second kappa shape index (κ2) is 6.27. The largest absolute Gasteiger partial charge is 0.394 e. The number of hydrogen-bond acceptors (Lipinski definition) is 6. The topological polar surface area (TPSA) is 91.5 Å². The number of hydrogen-bond donors (Lipinski definition) is 3. The minimum Gasteiger partial charge on any atom is -0.394 e. The van der Waals surface area contributed by atoms with E-state index in [-0.39, 0.29) is 6.61 Å². The molecular formula is C10H19NO5. The lowest BCUT2D eigenvalue weighted by molar-refractivity contribution is -0.257. The third-order valence-electron chi connectivity index (χ3n) is 2.54. The van der Waals surface area contributed by atoms with Crippen molar-refractivity contribution < 1.29 is 24.8 Å². The highest BCUT2D eigenvalue weighted by atomic mass is 16.7. The van der Waals surface area contributed by atoms with Crippen molar-refractivity contribution in [3.05, 3.63) is 0 Å². The second-order valence-electron chi connectivity index (χ2n) is 3.67. The molecule has 3 N–H and O–H groups in total. The number of aliphatic imine (C=N–C) groups is 1. The van der Waals surface area contributed by atoms with Crippen LogP contribution >= 0.6 is 0 Å². The molecule has 0 radical (unpaired) electrons. The predicted octanol–water partition coefficient (Wildman–Crippen LogP) is -1.08. The number of methoxy groups -OCH3 is 1. The van der Waals surface area contributed by atoms with Crippen molar-refractivity contribution >= 4 is 6.21 Å². The Morgan fingerprint density at radius 3 is 2.56 bits per heavy atom. The maximum absolute atomic E-state index is 9.83. The highest BCUT2D eigenvalue weighted by Gasteiger charge is 2.44. The average molecular weight is 233 g/mol. The average Bonchev–Trinajstić information content (AvgIpc) is 2.31. The Balaban J connectivity index is 2.77. The van der Waals surface area contributed by atoms with Crippen molar-refractivity contribution in [3.8, 4) is 0 Å². The fourth-order valence-electron chi connectivity index (χ4n) is 1.65. The van der Waals surface area contributed by atoms with Gasteiger partial charge in [-0.15, -0.1) is 0 Å². The lowest BCUT2D eigenvalue weighted by Crippen LogP contribution is -2.58. The van der Waals surface area contributed by atoms with Gasteiger partial charge in [0.15, 0.2) is 6.29 Å². The first-order valence-electron chi connectivity index (χ1n) is 5.32. The van der Waals surface area contributed by atoms with E-state index >= 15 is 0 Å². The number of aliphatic hydroxyl groups excluding tert-OH is 3. The molecule has 1 saturated heterocycles. The lowest BCUT2D eigenvalue weighted by Gasteiger charge is -2.39. The summed E-state index contributed by atoms with van der Waals surface area (Å²) in [7, 11) is 1.43. The Kier molecular flexibility index (Phi) is 5.30. The fourth-order valence-corrected chi connectivity index (χ4v) is 1.65. The van der Waals surface area contributed by atoms with E-state index in [4.69, 9.17) is 14.6 Å². The summed E-state index contributed by atoms with van der Waals surface area (Å²) in [6, 6.07) is -0.664. The van der Waals surface area contributed by atoms with Gasteiger partial charge in [-0.25, -0.2) is 0 Å². The van der Waals surface area contributed by atoms with Gasteiger partial charge in [0.25, 0.3) is 0 Å². The number of ether oxygens (including phenoxy) is 2. The third kappa shape index (κ3) is 2.78. The lowest BCUT2D eigenvalue weighted by atomic mass is 9.97. The van der Waals surface area contributed by atoms with Crippen LogP contribution in [0.15, 0.2) is 4.99 Å². The molecule has 94 valence electrons. The minimum absolute atomic E-state index is 0.373. The first-order chi connectivity index (χ1) is 7.65. The normalized spacial score (nSPS) is 40.4. The van der Waals surface area contributed by atoms with Gasteiger partial charge in [-0.3, -0.25) is 4.99 Å². The maximum Gasteiger partial charge on any atom is 0.182 e. The van der Waals surface area contributed by atoms with Gasteiger partial charge in [0, 0.05) is 7.11 Å². The zero-order chi connectivity index (χ0) is 12.1. The standard InChI is InChI=1S/C10H19NO5/c1-3-4-11-7-9(14)8(13)6(5-12)16-10(7)15-2/h4,6-10,12-14H,3,5H2,1-2H3/t6-,7-,8-,9-,10?/m1/s1. The van der Waals surface area contributed by atoms with E-state index in [1.54, 1.807) is 6.21 Å². The molecule has 6 nitrogen and oxygen atoms in total. The van der Waals surface area contributed by atoms with Crippen LogP contribution in [0.3, 0.4) is 0 Å². The molecule has 0 aromatic rings. The van der Waals surface area contributed by atoms with Gasteiger partial charge in [0.05, 0.1) is 6.61 Å². The van der Waals surface area contributed by atoms with Crippen LogP contribution in [-0.4, -0.2) is 65.9 Å². The van der Waals surface area contributed by atoms with Gasteiger partial charge in [0.2, 0.25) is 0 Å². The Bertz CT molecular complexity index is 233. The van der Waals surface area contributed by atoms with E-state index in [0.29, 0.717) is 0 Å². The van der Waals surface area contributed by atoms with E-state index in [2.05, 4.69) is 4.99 Å². The van der Waals surface area contributed by atoms with Crippen LogP contribution in [0.1, 0.15) is 13.3 Å². The molecule has 1 aliphatic rings. The van der Waals surface area contributed by atoms with Gasteiger partial charge in [0.1, 0.15) is 24.4 Å². The van der Waals surface area contributed by atoms with Crippen molar-refractivity contribution in [2.75, 3.05) is 13.7 Å². The molecule has 1 aliphatic heterocycles. The molecule has 0 aromatic carbocycles. The van der Waals surface area contributed by atoms with Gasteiger partial charge in [-0.2, -0.15) is 0 Å². The summed E-state index contributed by atoms with van der Waals surface area (Å²) in [6.45, 7) is 1.54. The van der Waals surface area contributed by atoms with Crippen LogP contribution in [-0.2, 0) is 9.47 Å². The zero-order valence-corrected chi connectivity index (χ0v) is 9.48. The van der Waals surface area contributed by atoms with Crippen molar-refractivity contribution in [1.29, 1.82) is 0 Å². The van der Waals surface area contributed by atoms with Crippen LogP contribution in [0, 0.1) is 0 Å². The molecule has 6 heteroatoms. The summed E-state index contributed by atoms with van der Waals surface area (Å²) in [5.74, 6) is 0. The highest BCUT2D eigenvalue weighted by Crippen LogP contribution is 2.23. The number of rotatable bonds is 4. The molecule has 0 spiro atoms. The maximum atomic E-state index is 9.83. The quantitative estimate of drug-likeness (QED) is 0.537. The van der Waals surface area contributed by atoms with Crippen LogP contribution in [0.25, 0.3) is 0 Å². The smallest absolute Gasteiger partial charge is 0.182 e.